The van der Waals surface area contributed by atoms with Crippen molar-refractivity contribution in [2.75, 3.05) is 19.0 Å². The predicted octanol–water partition coefficient (Wildman–Crippen LogP) is 2.36. The molecule has 1 aromatic heterocycles. The Kier molecular flexibility index (Phi) is 4.52. The lowest BCUT2D eigenvalue weighted by Gasteiger charge is -2.13. The molecule has 0 aromatic carbocycles. The van der Waals surface area contributed by atoms with Crippen LogP contribution >= 0.6 is 0 Å². The molecule has 0 radical (unpaired) electrons. The largest absolute Gasteiger partial charge is 0.453 e. The van der Waals surface area contributed by atoms with Crippen LogP contribution < -0.4 is 5.32 Å². The standard InChI is InChI=1S/C12H19N3O4/c1-6-19-11(17)15-9(13-10(16)18-5)7-8(14-15)12(2,3)4/h7H,6H2,1-5H3,(H,13,16). The van der Waals surface area contributed by atoms with Crippen LogP contribution in [0.2, 0.25) is 0 Å². The van der Waals surface area contributed by atoms with Gasteiger partial charge in [-0.05, 0) is 6.92 Å². The molecule has 7 heteroatoms. The molecule has 1 rings (SSSR count). The third-order valence-electron chi connectivity index (χ3n) is 2.33. The lowest BCUT2D eigenvalue weighted by molar-refractivity contribution is 0.150. The first-order valence-electron chi connectivity index (χ1n) is 5.92. The van der Waals surface area contributed by atoms with Crippen LogP contribution in [0, 0.1) is 0 Å². The summed E-state index contributed by atoms with van der Waals surface area (Å²) >= 11 is 0. The van der Waals surface area contributed by atoms with E-state index in [2.05, 4.69) is 15.2 Å². The van der Waals surface area contributed by atoms with E-state index in [0.29, 0.717) is 5.69 Å². The summed E-state index contributed by atoms with van der Waals surface area (Å²) in [6.45, 7) is 7.77. The topological polar surface area (TPSA) is 82.5 Å². The minimum Gasteiger partial charge on any atom is -0.453 e. The number of nitrogens with one attached hydrogen (secondary N) is 1. The molecule has 0 aliphatic rings. The van der Waals surface area contributed by atoms with Crippen LogP contribution in [-0.4, -0.2) is 35.7 Å². The van der Waals surface area contributed by atoms with Gasteiger partial charge in [0.1, 0.15) is 5.82 Å². The molecule has 1 aromatic rings. The molecule has 106 valence electrons. The van der Waals surface area contributed by atoms with Crippen LogP contribution in [0.15, 0.2) is 6.07 Å². The highest BCUT2D eigenvalue weighted by Crippen LogP contribution is 2.24. The first-order chi connectivity index (χ1) is 8.79. The van der Waals surface area contributed by atoms with E-state index in [4.69, 9.17) is 4.74 Å². The molecule has 1 heterocycles. The third-order valence-corrected chi connectivity index (χ3v) is 2.33. The average molecular weight is 269 g/mol. The number of carbonyl (C=O) groups excluding carboxylic acids is 2. The number of nitrogens with zero attached hydrogens (tertiary/aromatic N) is 2. The van der Waals surface area contributed by atoms with Gasteiger partial charge < -0.3 is 9.47 Å². The highest BCUT2D eigenvalue weighted by molar-refractivity contribution is 5.86. The van der Waals surface area contributed by atoms with Crippen LogP contribution in [0.1, 0.15) is 33.4 Å². The van der Waals surface area contributed by atoms with Crippen molar-refractivity contribution in [3.63, 3.8) is 0 Å². The van der Waals surface area contributed by atoms with Crippen molar-refractivity contribution in [3.8, 4) is 0 Å². The number of rotatable bonds is 2. The summed E-state index contributed by atoms with van der Waals surface area (Å²) in [6.07, 6.45) is -1.32. The van der Waals surface area contributed by atoms with Crippen molar-refractivity contribution in [2.45, 2.75) is 33.1 Å². The monoisotopic (exact) mass is 269 g/mol. The number of hydrogen-bond donors (Lipinski definition) is 1. The van der Waals surface area contributed by atoms with Crippen LogP contribution in [0.25, 0.3) is 0 Å². The molecule has 7 nitrogen and oxygen atoms in total. The zero-order chi connectivity index (χ0) is 14.6. The fraction of sp³-hybridized carbons (Fsp3) is 0.583. The van der Waals surface area contributed by atoms with Crippen LogP contribution in [0.5, 0.6) is 0 Å². The highest BCUT2D eigenvalue weighted by Gasteiger charge is 2.24. The normalized spacial score (nSPS) is 11.0. The summed E-state index contributed by atoms with van der Waals surface area (Å²) in [6, 6.07) is 1.62. The molecule has 1 N–H and O–H groups in total. The van der Waals surface area contributed by atoms with Crippen molar-refractivity contribution in [1.82, 2.24) is 9.78 Å². The van der Waals surface area contributed by atoms with E-state index in [1.165, 1.54) is 7.11 Å². The fourth-order valence-electron chi connectivity index (χ4n) is 1.32. The highest BCUT2D eigenvalue weighted by atomic mass is 16.6. The maximum atomic E-state index is 11.8. The fourth-order valence-corrected chi connectivity index (χ4v) is 1.32. The summed E-state index contributed by atoms with van der Waals surface area (Å²) in [5, 5.41) is 6.59. The van der Waals surface area contributed by atoms with Crippen molar-refractivity contribution < 1.29 is 19.1 Å². The molecule has 0 saturated heterocycles. The van der Waals surface area contributed by atoms with Gasteiger partial charge in [-0.25, -0.2) is 9.59 Å². The Morgan fingerprint density at radius 1 is 1.42 bits per heavy atom. The van der Waals surface area contributed by atoms with E-state index in [1.807, 2.05) is 20.8 Å². The number of methoxy groups -OCH3 is 1. The predicted molar refractivity (Wildman–Crippen MR) is 69.4 cm³/mol. The molecule has 0 unspecified atom stereocenters. The maximum absolute atomic E-state index is 11.8. The second-order valence-corrected chi connectivity index (χ2v) is 4.89. The molecule has 0 aliphatic carbocycles. The van der Waals surface area contributed by atoms with Crippen LogP contribution in [0.4, 0.5) is 15.4 Å². The smallest absolute Gasteiger partial charge is 0.436 e. The third kappa shape index (κ3) is 3.70. The second kappa shape index (κ2) is 5.73. The van der Waals surface area contributed by atoms with Crippen molar-refractivity contribution in [1.29, 1.82) is 0 Å². The van der Waals surface area contributed by atoms with Gasteiger partial charge in [-0.2, -0.15) is 5.10 Å². The summed E-state index contributed by atoms with van der Waals surface area (Å²) < 4.78 is 10.4. The van der Waals surface area contributed by atoms with E-state index in [1.54, 1.807) is 13.0 Å². The van der Waals surface area contributed by atoms with Crippen LogP contribution in [0.3, 0.4) is 0 Å². The summed E-state index contributed by atoms with van der Waals surface area (Å²) in [7, 11) is 1.24. The number of anilines is 1. The molecule has 0 spiro atoms. The Labute approximate surface area is 111 Å². The van der Waals surface area contributed by atoms with Gasteiger partial charge >= 0.3 is 12.2 Å². The van der Waals surface area contributed by atoms with Gasteiger partial charge in [-0.15, -0.1) is 4.68 Å². The Bertz CT molecular complexity index is 474. The van der Waals surface area contributed by atoms with E-state index in [9.17, 15) is 9.59 Å². The van der Waals surface area contributed by atoms with Crippen molar-refractivity contribution in [3.05, 3.63) is 11.8 Å². The Hall–Kier alpha value is -2.05. The number of ether oxygens (including phenoxy) is 2. The Morgan fingerprint density at radius 3 is 2.53 bits per heavy atom. The second-order valence-electron chi connectivity index (χ2n) is 4.89. The number of hydrogen-bond acceptors (Lipinski definition) is 5. The molecule has 19 heavy (non-hydrogen) atoms. The van der Waals surface area contributed by atoms with E-state index >= 15 is 0 Å². The van der Waals surface area contributed by atoms with E-state index in [-0.39, 0.29) is 17.8 Å². The summed E-state index contributed by atoms with van der Waals surface area (Å²) in [5.41, 5.74) is 0.400. The molecule has 0 atom stereocenters. The average Bonchev–Trinajstić information content (AvgIpc) is 2.73. The van der Waals surface area contributed by atoms with Gasteiger partial charge in [-0.1, -0.05) is 20.8 Å². The van der Waals surface area contributed by atoms with Gasteiger partial charge in [-0.3, -0.25) is 5.32 Å². The molecule has 0 saturated carbocycles. The minimum absolute atomic E-state index is 0.218. The van der Waals surface area contributed by atoms with E-state index in [0.717, 1.165) is 4.68 Å². The van der Waals surface area contributed by atoms with Crippen LogP contribution in [-0.2, 0) is 14.9 Å². The zero-order valence-corrected chi connectivity index (χ0v) is 11.8. The molecule has 1 amide bonds. The maximum Gasteiger partial charge on any atom is 0.436 e. The summed E-state index contributed by atoms with van der Waals surface area (Å²) in [4.78, 5) is 23.0. The zero-order valence-electron chi connectivity index (χ0n) is 11.8. The van der Waals surface area contributed by atoms with Gasteiger partial charge in [0.15, 0.2) is 0 Å². The lowest BCUT2D eigenvalue weighted by Crippen LogP contribution is -2.21. The molecular formula is C12H19N3O4. The Morgan fingerprint density at radius 2 is 2.05 bits per heavy atom. The Balaban J connectivity index is 3.14. The number of carbonyl (C=O) groups is 2. The number of aromatic nitrogens is 2. The molecule has 0 bridgehead atoms. The van der Waals surface area contributed by atoms with Gasteiger partial charge in [0, 0.05) is 11.5 Å². The lowest BCUT2D eigenvalue weighted by atomic mass is 9.92. The van der Waals surface area contributed by atoms with Crippen molar-refractivity contribution in [2.24, 2.45) is 0 Å². The SMILES string of the molecule is CCOC(=O)n1nc(C(C)(C)C)cc1NC(=O)OC. The molecule has 0 aliphatic heterocycles. The molecule has 0 fully saturated rings. The minimum atomic E-state index is -0.675. The van der Waals surface area contributed by atoms with Gasteiger partial charge in [0.25, 0.3) is 0 Å². The van der Waals surface area contributed by atoms with Crippen molar-refractivity contribution >= 4 is 18.0 Å². The number of amides is 1. The first kappa shape index (κ1) is 15.0. The molecular weight excluding hydrogens is 250 g/mol. The van der Waals surface area contributed by atoms with Gasteiger partial charge in [0.05, 0.1) is 19.4 Å². The summed E-state index contributed by atoms with van der Waals surface area (Å²) in [5.74, 6) is 0.218. The van der Waals surface area contributed by atoms with Gasteiger partial charge in [0.2, 0.25) is 0 Å². The van der Waals surface area contributed by atoms with E-state index < -0.39 is 12.2 Å². The quantitative estimate of drug-likeness (QED) is 0.891. The first-order valence-corrected chi connectivity index (χ1v) is 5.92.